The maximum atomic E-state index is 12.5. The van der Waals surface area contributed by atoms with E-state index in [9.17, 15) is 9.90 Å². The lowest BCUT2D eigenvalue weighted by atomic mass is 9.77. The molecular weight excluding hydrogens is 274 g/mol. The number of nitrogens with one attached hydrogen (secondary N) is 1. The Balaban J connectivity index is 2.11. The van der Waals surface area contributed by atoms with E-state index >= 15 is 0 Å². The average molecular weight is 297 g/mol. The zero-order valence-electron chi connectivity index (χ0n) is 12.3. The quantitative estimate of drug-likeness (QED) is 0.894. The fourth-order valence-electron chi connectivity index (χ4n) is 2.67. The second-order valence-electron chi connectivity index (χ2n) is 6.22. The molecule has 0 unspecified atom stereocenters. The Labute approximate surface area is 123 Å². The molecule has 20 heavy (non-hydrogen) atoms. The van der Waals surface area contributed by atoms with Gasteiger partial charge in [-0.2, -0.15) is 0 Å². The molecule has 0 atom stereocenters. The van der Waals surface area contributed by atoms with E-state index in [2.05, 4.69) is 21.8 Å². The monoisotopic (exact) mass is 297 g/mol. The average Bonchev–Trinajstić information content (AvgIpc) is 2.91. The molecule has 1 heterocycles. The third kappa shape index (κ3) is 3.17. The van der Waals surface area contributed by atoms with Crippen LogP contribution in [-0.4, -0.2) is 32.7 Å². The third-order valence-electron chi connectivity index (χ3n) is 4.18. The van der Waals surface area contributed by atoms with Crippen LogP contribution in [0.25, 0.3) is 0 Å². The predicted octanol–water partition coefficient (Wildman–Crippen LogP) is 2.33. The van der Waals surface area contributed by atoms with Crippen molar-refractivity contribution in [1.29, 1.82) is 0 Å². The molecule has 0 bridgehead atoms. The van der Waals surface area contributed by atoms with Crippen LogP contribution in [0.15, 0.2) is 0 Å². The summed E-state index contributed by atoms with van der Waals surface area (Å²) in [5, 5.41) is 16.8. The third-order valence-corrected chi connectivity index (χ3v) is 4.92. The molecule has 1 aliphatic rings. The summed E-state index contributed by atoms with van der Waals surface area (Å²) in [6.07, 6.45) is 3.75. The molecule has 1 aromatic heterocycles. The number of hydrogen-bond donors (Lipinski definition) is 2. The maximum Gasteiger partial charge on any atom is 0.265 e. The Kier molecular flexibility index (Phi) is 4.75. The van der Waals surface area contributed by atoms with E-state index in [4.69, 9.17) is 0 Å². The molecule has 0 radical (unpaired) electrons. The lowest BCUT2D eigenvalue weighted by molar-refractivity contribution is 0.0719. The fourth-order valence-corrected chi connectivity index (χ4v) is 3.38. The number of aromatic nitrogens is 2. The summed E-state index contributed by atoms with van der Waals surface area (Å²) in [5.74, 6) is 0.695. The molecule has 0 saturated heterocycles. The Hall–Kier alpha value is -1.01. The van der Waals surface area contributed by atoms with Crippen LogP contribution in [-0.2, 0) is 0 Å². The van der Waals surface area contributed by atoms with Crippen LogP contribution >= 0.6 is 11.5 Å². The first kappa shape index (κ1) is 15.4. The number of aliphatic hydroxyl groups excluding tert-OH is 1. The summed E-state index contributed by atoms with van der Waals surface area (Å²) < 4.78 is 3.89. The van der Waals surface area contributed by atoms with Gasteiger partial charge in [-0.05, 0) is 49.1 Å². The number of rotatable bonds is 4. The van der Waals surface area contributed by atoms with E-state index < -0.39 is 5.54 Å². The van der Waals surface area contributed by atoms with Crippen molar-refractivity contribution in [3.63, 3.8) is 0 Å². The van der Waals surface area contributed by atoms with Gasteiger partial charge in [0.05, 0.1) is 17.8 Å². The van der Waals surface area contributed by atoms with E-state index in [-0.39, 0.29) is 18.4 Å². The van der Waals surface area contributed by atoms with Crippen molar-refractivity contribution in [1.82, 2.24) is 14.9 Å². The van der Waals surface area contributed by atoms with Gasteiger partial charge in [-0.3, -0.25) is 4.79 Å². The molecule has 1 amide bonds. The molecule has 2 N–H and O–H groups in total. The summed E-state index contributed by atoms with van der Waals surface area (Å²) >= 11 is 1.13. The van der Waals surface area contributed by atoms with Gasteiger partial charge in [0, 0.05) is 0 Å². The van der Waals surface area contributed by atoms with Gasteiger partial charge in [-0.1, -0.05) is 25.3 Å². The van der Waals surface area contributed by atoms with Crippen molar-refractivity contribution in [2.45, 2.75) is 57.9 Å². The van der Waals surface area contributed by atoms with Crippen molar-refractivity contribution in [3.05, 3.63) is 10.6 Å². The molecule has 1 aromatic rings. The fraction of sp³-hybridized carbons (Fsp3) is 0.786. The molecule has 0 spiro atoms. The zero-order valence-corrected chi connectivity index (χ0v) is 13.2. The topological polar surface area (TPSA) is 75.1 Å². The largest absolute Gasteiger partial charge is 0.394 e. The lowest BCUT2D eigenvalue weighted by Crippen LogP contribution is -2.53. The van der Waals surface area contributed by atoms with Crippen molar-refractivity contribution < 1.29 is 9.90 Å². The van der Waals surface area contributed by atoms with Crippen molar-refractivity contribution in [3.8, 4) is 0 Å². The summed E-state index contributed by atoms with van der Waals surface area (Å²) in [4.78, 5) is 13.0. The number of amides is 1. The predicted molar refractivity (Wildman–Crippen MR) is 78.9 cm³/mol. The second kappa shape index (κ2) is 6.18. The summed E-state index contributed by atoms with van der Waals surface area (Å²) in [6, 6.07) is 0. The van der Waals surface area contributed by atoms with E-state index in [1.807, 2.05) is 13.8 Å². The van der Waals surface area contributed by atoms with Crippen molar-refractivity contribution in [2.75, 3.05) is 6.61 Å². The van der Waals surface area contributed by atoms with Gasteiger partial charge >= 0.3 is 0 Å². The van der Waals surface area contributed by atoms with Gasteiger partial charge in [0.2, 0.25) is 0 Å². The van der Waals surface area contributed by atoms with Crippen LogP contribution in [0.4, 0.5) is 0 Å². The molecule has 1 saturated carbocycles. The van der Waals surface area contributed by atoms with E-state index in [0.717, 1.165) is 42.9 Å². The van der Waals surface area contributed by atoms with E-state index in [0.29, 0.717) is 10.8 Å². The van der Waals surface area contributed by atoms with Gasteiger partial charge < -0.3 is 10.4 Å². The Morgan fingerprint density at radius 3 is 2.70 bits per heavy atom. The first-order chi connectivity index (χ1) is 9.47. The number of carbonyl (C=O) groups is 1. The number of carbonyl (C=O) groups excluding carboxylic acids is 1. The molecule has 1 aliphatic carbocycles. The Bertz CT molecular complexity index is 465. The summed E-state index contributed by atoms with van der Waals surface area (Å²) in [5.41, 5.74) is 0.270. The van der Waals surface area contributed by atoms with E-state index in [1.165, 1.54) is 0 Å². The highest BCUT2D eigenvalue weighted by molar-refractivity contribution is 7.08. The maximum absolute atomic E-state index is 12.5. The van der Waals surface area contributed by atoms with Crippen LogP contribution in [0.2, 0.25) is 0 Å². The standard InChI is InChI=1S/C14H23N3O2S/c1-9(2)11-12(20-17-16-11)13(19)15-14(8-18)6-4-10(3)5-7-14/h9-10,18H,4-8H2,1-3H3,(H,15,19). The summed E-state index contributed by atoms with van der Waals surface area (Å²) in [7, 11) is 0. The SMILES string of the molecule is CC1CCC(CO)(NC(=O)c2snnc2C(C)C)CC1. The van der Waals surface area contributed by atoms with Gasteiger partial charge in [0.1, 0.15) is 4.88 Å². The molecule has 5 nitrogen and oxygen atoms in total. The van der Waals surface area contributed by atoms with E-state index in [1.54, 1.807) is 0 Å². The van der Waals surface area contributed by atoms with Crippen LogP contribution in [0.1, 0.15) is 67.7 Å². The highest BCUT2D eigenvalue weighted by Crippen LogP contribution is 2.32. The smallest absolute Gasteiger partial charge is 0.265 e. The van der Waals surface area contributed by atoms with Crippen molar-refractivity contribution in [2.24, 2.45) is 5.92 Å². The minimum atomic E-state index is -0.470. The highest BCUT2D eigenvalue weighted by atomic mass is 32.1. The molecular formula is C14H23N3O2S. The Morgan fingerprint density at radius 1 is 1.50 bits per heavy atom. The number of nitrogens with zero attached hydrogens (tertiary/aromatic N) is 2. The number of aliphatic hydroxyl groups is 1. The summed E-state index contributed by atoms with van der Waals surface area (Å²) in [6.45, 7) is 6.21. The van der Waals surface area contributed by atoms with Gasteiger partial charge in [-0.15, -0.1) is 5.10 Å². The minimum Gasteiger partial charge on any atom is -0.394 e. The molecule has 112 valence electrons. The van der Waals surface area contributed by atoms with Crippen LogP contribution < -0.4 is 5.32 Å². The first-order valence-electron chi connectivity index (χ1n) is 7.23. The highest BCUT2D eigenvalue weighted by Gasteiger charge is 2.36. The Morgan fingerprint density at radius 2 is 2.15 bits per heavy atom. The molecule has 1 fully saturated rings. The minimum absolute atomic E-state index is 0.00525. The molecule has 2 rings (SSSR count). The second-order valence-corrected chi connectivity index (χ2v) is 6.97. The molecule has 0 aromatic carbocycles. The first-order valence-corrected chi connectivity index (χ1v) is 8.00. The van der Waals surface area contributed by atoms with Crippen LogP contribution in [0.3, 0.4) is 0 Å². The van der Waals surface area contributed by atoms with Gasteiger partial charge in [-0.25, -0.2) is 0 Å². The van der Waals surface area contributed by atoms with Gasteiger partial charge in [0.15, 0.2) is 0 Å². The van der Waals surface area contributed by atoms with Crippen molar-refractivity contribution >= 4 is 17.4 Å². The van der Waals surface area contributed by atoms with Crippen LogP contribution in [0, 0.1) is 5.92 Å². The van der Waals surface area contributed by atoms with Gasteiger partial charge in [0.25, 0.3) is 5.91 Å². The molecule has 0 aliphatic heterocycles. The van der Waals surface area contributed by atoms with Crippen LogP contribution in [0.5, 0.6) is 0 Å². The number of hydrogen-bond acceptors (Lipinski definition) is 5. The lowest BCUT2D eigenvalue weighted by Gasteiger charge is -2.38. The normalized spacial score (nSPS) is 26.8. The molecule has 6 heteroatoms. The zero-order chi connectivity index (χ0) is 14.8.